The molecular formula is C21H19ClN4O3S. The van der Waals surface area contributed by atoms with Gasteiger partial charge in [0.25, 0.3) is 5.56 Å². The van der Waals surface area contributed by atoms with Gasteiger partial charge in [0.15, 0.2) is 5.16 Å². The van der Waals surface area contributed by atoms with E-state index in [1.54, 1.807) is 18.2 Å². The van der Waals surface area contributed by atoms with Gasteiger partial charge in [0.2, 0.25) is 5.91 Å². The van der Waals surface area contributed by atoms with Crippen molar-refractivity contribution in [3.63, 3.8) is 0 Å². The lowest BCUT2D eigenvalue weighted by molar-refractivity contribution is -0.117. The Balaban J connectivity index is 1.66. The molecule has 0 radical (unpaired) electrons. The van der Waals surface area contributed by atoms with Crippen LogP contribution in [0.25, 0.3) is 16.6 Å². The molecule has 1 heterocycles. The van der Waals surface area contributed by atoms with E-state index in [1.165, 1.54) is 4.57 Å². The monoisotopic (exact) mass is 442 g/mol. The molecule has 3 aromatic rings. The topological polar surface area (TPSA) is 93.1 Å². The lowest BCUT2D eigenvalue weighted by Crippen LogP contribution is -2.41. The maximum atomic E-state index is 13.2. The van der Waals surface area contributed by atoms with Crippen molar-refractivity contribution in [3.05, 3.63) is 63.4 Å². The molecule has 0 unspecified atom stereocenters. The van der Waals surface area contributed by atoms with E-state index in [1.807, 2.05) is 31.2 Å². The zero-order valence-corrected chi connectivity index (χ0v) is 17.7. The van der Waals surface area contributed by atoms with Crippen LogP contribution in [0.15, 0.2) is 52.4 Å². The van der Waals surface area contributed by atoms with Crippen molar-refractivity contribution in [2.24, 2.45) is 0 Å². The Kier molecular flexibility index (Phi) is 5.78. The molecule has 0 saturated heterocycles. The Hall–Kier alpha value is -2.84. The zero-order valence-electron chi connectivity index (χ0n) is 16.1. The molecule has 2 N–H and O–H groups in total. The van der Waals surface area contributed by atoms with Gasteiger partial charge in [-0.25, -0.2) is 9.78 Å². The minimum atomic E-state index is -0.502. The molecule has 1 aromatic heterocycles. The Labute approximate surface area is 181 Å². The van der Waals surface area contributed by atoms with Crippen LogP contribution in [0.4, 0.5) is 4.79 Å². The SMILES string of the molecule is Cc1cccc(-n2c(SCC(=O)NC(=O)NC3CC3)nc3cc(Cl)ccc3c2=O)c1. The van der Waals surface area contributed by atoms with Gasteiger partial charge in [0, 0.05) is 11.1 Å². The maximum Gasteiger partial charge on any atom is 0.321 e. The Morgan fingerprint density at radius 2 is 2.03 bits per heavy atom. The number of fused-ring (bicyclic) bond motifs is 1. The van der Waals surface area contributed by atoms with Crippen molar-refractivity contribution in [1.82, 2.24) is 20.2 Å². The van der Waals surface area contributed by atoms with Crippen molar-refractivity contribution < 1.29 is 9.59 Å². The molecule has 1 aliphatic rings. The number of imide groups is 1. The van der Waals surface area contributed by atoms with Crippen LogP contribution in [-0.4, -0.2) is 33.3 Å². The summed E-state index contributed by atoms with van der Waals surface area (Å²) >= 11 is 7.15. The zero-order chi connectivity index (χ0) is 21.3. The van der Waals surface area contributed by atoms with Gasteiger partial charge in [-0.15, -0.1) is 0 Å². The van der Waals surface area contributed by atoms with E-state index >= 15 is 0 Å². The number of hydrogen-bond acceptors (Lipinski definition) is 5. The molecule has 154 valence electrons. The highest BCUT2D eigenvalue weighted by Gasteiger charge is 2.24. The quantitative estimate of drug-likeness (QED) is 0.466. The molecule has 1 saturated carbocycles. The molecule has 1 fully saturated rings. The summed E-state index contributed by atoms with van der Waals surface area (Å²) in [5, 5.41) is 6.25. The number of halogens is 1. The third-order valence-corrected chi connectivity index (χ3v) is 5.73. The van der Waals surface area contributed by atoms with Gasteiger partial charge in [0.1, 0.15) is 0 Å². The van der Waals surface area contributed by atoms with Crippen molar-refractivity contribution >= 4 is 46.2 Å². The van der Waals surface area contributed by atoms with Crippen molar-refractivity contribution in [1.29, 1.82) is 0 Å². The first-order chi connectivity index (χ1) is 14.4. The van der Waals surface area contributed by atoms with Crippen LogP contribution in [0.3, 0.4) is 0 Å². The normalized spacial score (nSPS) is 13.3. The minimum absolute atomic E-state index is 0.0670. The van der Waals surface area contributed by atoms with Crippen molar-refractivity contribution in [2.75, 3.05) is 5.75 Å². The third kappa shape index (κ3) is 4.66. The smallest absolute Gasteiger partial charge is 0.321 e. The average Bonchev–Trinajstić information content (AvgIpc) is 3.50. The minimum Gasteiger partial charge on any atom is -0.335 e. The molecular weight excluding hydrogens is 424 g/mol. The third-order valence-electron chi connectivity index (χ3n) is 4.56. The summed E-state index contributed by atoms with van der Waals surface area (Å²) in [6, 6.07) is 12.0. The highest BCUT2D eigenvalue weighted by Crippen LogP contribution is 2.23. The molecule has 7 nitrogen and oxygen atoms in total. The number of aromatic nitrogens is 2. The number of nitrogens with zero attached hydrogens (tertiary/aromatic N) is 2. The number of thioether (sulfide) groups is 1. The van der Waals surface area contributed by atoms with Gasteiger partial charge in [-0.05, 0) is 55.7 Å². The van der Waals surface area contributed by atoms with E-state index in [2.05, 4.69) is 15.6 Å². The fraction of sp³-hybridized carbons (Fsp3) is 0.238. The van der Waals surface area contributed by atoms with Crippen LogP contribution in [0.1, 0.15) is 18.4 Å². The number of carbonyl (C=O) groups excluding carboxylic acids is 2. The lowest BCUT2D eigenvalue weighted by Gasteiger charge is -2.14. The Bertz CT molecular complexity index is 1210. The largest absolute Gasteiger partial charge is 0.335 e. The molecule has 0 bridgehead atoms. The molecule has 2 aromatic carbocycles. The highest BCUT2D eigenvalue weighted by atomic mass is 35.5. The maximum absolute atomic E-state index is 13.2. The van der Waals surface area contributed by atoms with Crippen LogP contribution in [-0.2, 0) is 4.79 Å². The molecule has 0 spiro atoms. The second-order valence-electron chi connectivity index (χ2n) is 7.12. The fourth-order valence-corrected chi connectivity index (χ4v) is 3.95. The molecule has 9 heteroatoms. The van der Waals surface area contributed by atoms with Crippen LogP contribution >= 0.6 is 23.4 Å². The van der Waals surface area contributed by atoms with Gasteiger partial charge in [-0.3, -0.25) is 19.5 Å². The van der Waals surface area contributed by atoms with Crippen LogP contribution in [0.5, 0.6) is 0 Å². The number of hydrogen-bond donors (Lipinski definition) is 2. The summed E-state index contributed by atoms with van der Waals surface area (Å²) in [6.07, 6.45) is 1.87. The standard InChI is InChI=1S/C21H19ClN4O3S/c1-12-3-2-4-15(9-12)26-19(28)16-8-5-13(22)10-17(16)24-21(26)30-11-18(27)25-20(29)23-14-6-7-14/h2-5,8-10,14H,6-7,11H2,1H3,(H2,23,25,27,29). The fourth-order valence-electron chi connectivity index (χ4n) is 2.97. The Morgan fingerprint density at radius 3 is 2.77 bits per heavy atom. The van der Waals surface area contributed by atoms with E-state index in [4.69, 9.17) is 11.6 Å². The summed E-state index contributed by atoms with van der Waals surface area (Å²) in [7, 11) is 0. The van der Waals surface area contributed by atoms with Crippen LogP contribution in [0, 0.1) is 6.92 Å². The van der Waals surface area contributed by atoms with Gasteiger partial charge in [-0.1, -0.05) is 35.5 Å². The van der Waals surface area contributed by atoms with E-state index < -0.39 is 11.9 Å². The van der Waals surface area contributed by atoms with Gasteiger partial charge in [-0.2, -0.15) is 0 Å². The lowest BCUT2D eigenvalue weighted by atomic mass is 10.2. The van der Waals surface area contributed by atoms with Crippen LogP contribution < -0.4 is 16.2 Å². The predicted octanol–water partition coefficient (Wildman–Crippen LogP) is 3.43. The number of urea groups is 1. The second-order valence-corrected chi connectivity index (χ2v) is 8.50. The number of benzene rings is 2. The molecule has 30 heavy (non-hydrogen) atoms. The average molecular weight is 443 g/mol. The van der Waals surface area contributed by atoms with E-state index in [9.17, 15) is 14.4 Å². The van der Waals surface area contributed by atoms with Crippen molar-refractivity contribution in [2.45, 2.75) is 31.0 Å². The summed E-state index contributed by atoms with van der Waals surface area (Å²) in [5.74, 6) is -0.531. The highest BCUT2D eigenvalue weighted by molar-refractivity contribution is 7.99. The number of amides is 3. The first-order valence-corrected chi connectivity index (χ1v) is 10.8. The number of rotatable bonds is 5. The molecule has 0 atom stereocenters. The number of aryl methyl sites for hydroxylation is 1. The van der Waals surface area contributed by atoms with E-state index in [0.717, 1.165) is 30.2 Å². The summed E-state index contributed by atoms with van der Waals surface area (Å²) in [4.78, 5) is 41.8. The summed E-state index contributed by atoms with van der Waals surface area (Å²) < 4.78 is 1.48. The number of nitrogens with one attached hydrogen (secondary N) is 2. The first-order valence-electron chi connectivity index (χ1n) is 9.43. The molecule has 1 aliphatic carbocycles. The molecule has 3 amide bonds. The van der Waals surface area contributed by atoms with Gasteiger partial charge >= 0.3 is 6.03 Å². The molecule has 4 rings (SSSR count). The van der Waals surface area contributed by atoms with Gasteiger partial charge < -0.3 is 5.32 Å². The van der Waals surface area contributed by atoms with Gasteiger partial charge in [0.05, 0.1) is 22.3 Å². The van der Waals surface area contributed by atoms with Crippen LogP contribution in [0.2, 0.25) is 5.02 Å². The van der Waals surface area contributed by atoms with E-state index in [0.29, 0.717) is 26.8 Å². The van der Waals surface area contributed by atoms with E-state index in [-0.39, 0.29) is 17.4 Å². The Morgan fingerprint density at radius 1 is 1.23 bits per heavy atom. The summed E-state index contributed by atoms with van der Waals surface area (Å²) in [6.45, 7) is 1.93. The number of carbonyl (C=O) groups is 2. The predicted molar refractivity (Wildman–Crippen MR) is 118 cm³/mol. The summed E-state index contributed by atoms with van der Waals surface area (Å²) in [5.41, 5.74) is 1.84. The first kappa shape index (κ1) is 20.4. The second kappa shape index (κ2) is 8.49. The van der Waals surface area contributed by atoms with Crippen molar-refractivity contribution in [3.8, 4) is 5.69 Å². The molecule has 0 aliphatic heterocycles.